The highest BCUT2D eigenvalue weighted by Gasteiger charge is 2.84. The van der Waals surface area contributed by atoms with Crippen molar-refractivity contribution in [1.29, 1.82) is 0 Å². The van der Waals surface area contributed by atoms with Gasteiger partial charge in [-0.3, -0.25) is 9.69 Å². The zero-order chi connectivity index (χ0) is 35.6. The number of morpholine rings is 1. The fourth-order valence-electron chi connectivity index (χ4n) is 14.3. The van der Waals surface area contributed by atoms with Gasteiger partial charge in [0.2, 0.25) is 0 Å². The number of H-pyrrole nitrogens is 1. The highest BCUT2D eigenvalue weighted by Crippen LogP contribution is 2.89. The molecule has 0 unspecified atom stereocenters. The van der Waals surface area contributed by atoms with Crippen LogP contribution in [0.5, 0.6) is 0 Å². The summed E-state index contributed by atoms with van der Waals surface area (Å²) >= 11 is 0. The molecule has 280 valence electrons. The van der Waals surface area contributed by atoms with Crippen molar-refractivity contribution in [2.45, 2.75) is 156 Å². The maximum Gasteiger partial charge on any atom is 0.303 e. The highest BCUT2D eigenvalue weighted by atomic mass is 16.7. The van der Waals surface area contributed by atoms with Gasteiger partial charge in [0, 0.05) is 31.3 Å². The second-order valence-electron chi connectivity index (χ2n) is 19.4. The van der Waals surface area contributed by atoms with E-state index in [4.69, 9.17) is 18.9 Å². The number of aromatic amines is 1. The molecule has 0 amide bonds. The number of ether oxygens (including phenoxy) is 4. The van der Waals surface area contributed by atoms with Gasteiger partial charge in [-0.15, -0.1) is 0 Å². The van der Waals surface area contributed by atoms with E-state index >= 15 is 0 Å². The summed E-state index contributed by atoms with van der Waals surface area (Å²) in [4.78, 5) is 22.1. The Balaban J connectivity index is 1.01. The van der Waals surface area contributed by atoms with Gasteiger partial charge in [-0.1, -0.05) is 34.6 Å². The number of hydrogen-bond acceptors (Lipinski definition) is 9. The Morgan fingerprint density at radius 3 is 2.58 bits per heavy atom. The highest BCUT2D eigenvalue weighted by molar-refractivity contribution is 5.66. The van der Waals surface area contributed by atoms with Crippen LogP contribution in [0.15, 0.2) is 12.4 Å². The van der Waals surface area contributed by atoms with Crippen molar-refractivity contribution in [3.63, 3.8) is 0 Å². The molecule has 1 aromatic rings. The minimum Gasteiger partial charge on any atom is -0.457 e. The number of carbonyl (C=O) groups excluding carboxylic acids is 1. The lowest BCUT2D eigenvalue weighted by Crippen LogP contribution is -2.60. The number of aliphatic hydroxyl groups is 2. The van der Waals surface area contributed by atoms with Crippen LogP contribution in [0.1, 0.15) is 113 Å². The summed E-state index contributed by atoms with van der Waals surface area (Å²) in [5, 5.41) is 23.7. The molecular formula is C40H63N3O7. The van der Waals surface area contributed by atoms with Crippen LogP contribution in [0.3, 0.4) is 0 Å². The van der Waals surface area contributed by atoms with Crippen molar-refractivity contribution < 1.29 is 34.0 Å². The Morgan fingerprint density at radius 1 is 1.14 bits per heavy atom. The molecule has 0 radical (unpaired) electrons. The predicted molar refractivity (Wildman–Crippen MR) is 186 cm³/mol. The topological polar surface area (TPSA) is 126 Å². The molecule has 8 rings (SSSR count). The molecule has 5 aliphatic carbocycles. The predicted octanol–water partition coefficient (Wildman–Crippen LogP) is 5.47. The number of hydrogen-bond donors (Lipinski definition) is 3. The summed E-state index contributed by atoms with van der Waals surface area (Å²) in [5.74, 6) is 2.05. The van der Waals surface area contributed by atoms with Crippen molar-refractivity contribution in [2.24, 2.45) is 50.7 Å². The van der Waals surface area contributed by atoms with Gasteiger partial charge in [-0.25, -0.2) is 4.98 Å². The lowest BCUT2D eigenvalue weighted by Gasteiger charge is -2.64. The maximum absolute atomic E-state index is 12.6. The van der Waals surface area contributed by atoms with Crippen LogP contribution >= 0.6 is 0 Å². The molecular weight excluding hydrogens is 634 g/mol. The number of imidazole rings is 1. The van der Waals surface area contributed by atoms with Crippen molar-refractivity contribution in [2.75, 3.05) is 19.7 Å². The monoisotopic (exact) mass is 697 g/mol. The molecule has 2 spiro atoms. The minimum absolute atomic E-state index is 0.0248. The molecule has 50 heavy (non-hydrogen) atoms. The third kappa shape index (κ3) is 4.93. The molecule has 2 aliphatic heterocycles. The van der Waals surface area contributed by atoms with Crippen molar-refractivity contribution in [3.05, 3.63) is 18.2 Å². The zero-order valence-electron chi connectivity index (χ0n) is 31.7. The molecule has 3 heterocycles. The molecule has 0 bridgehead atoms. The Kier molecular flexibility index (Phi) is 8.31. The van der Waals surface area contributed by atoms with Crippen molar-refractivity contribution in [1.82, 2.24) is 14.9 Å². The van der Waals surface area contributed by atoms with Gasteiger partial charge < -0.3 is 34.1 Å². The van der Waals surface area contributed by atoms with E-state index in [0.29, 0.717) is 30.3 Å². The second kappa shape index (κ2) is 11.7. The van der Waals surface area contributed by atoms with E-state index in [1.54, 1.807) is 13.8 Å². The first-order valence-electron chi connectivity index (χ1n) is 19.7. The third-order valence-corrected chi connectivity index (χ3v) is 16.5. The fraction of sp³-hybridized carbons (Fsp3) is 0.900. The minimum atomic E-state index is -1.26. The lowest BCUT2D eigenvalue weighted by atomic mass is 9.41. The van der Waals surface area contributed by atoms with Crippen LogP contribution in [0.2, 0.25) is 0 Å². The quantitative estimate of drug-likeness (QED) is 0.318. The van der Waals surface area contributed by atoms with Gasteiger partial charge in [-0.05, 0) is 111 Å². The molecule has 7 aliphatic rings. The average molecular weight is 698 g/mol. The van der Waals surface area contributed by atoms with Crippen LogP contribution in [0, 0.1) is 50.7 Å². The van der Waals surface area contributed by atoms with E-state index in [1.165, 1.54) is 26.2 Å². The summed E-state index contributed by atoms with van der Waals surface area (Å²) in [6, 6.07) is 0. The molecule has 5 saturated carbocycles. The Morgan fingerprint density at radius 2 is 1.88 bits per heavy atom. The van der Waals surface area contributed by atoms with Gasteiger partial charge in [0.1, 0.15) is 5.82 Å². The molecule has 3 N–H and O–H groups in total. The SMILES string of the molecule is CC(=O)O[C@@H]([C@H]1C[C@@H](C)[C@H]2[C@H](O1)[C@H](O)[C@@]1(C)[C@@H]3CC[C@H]4C(C)(C)[C@@H](O[C@H]5CN(Cc6ncc[nH]6)CCO5)CC[C@@]45C[C@@]35CC[C@]21C)C(C)(C)O. The normalized spacial score (nSPS) is 48.7. The van der Waals surface area contributed by atoms with Crippen LogP contribution in [0.25, 0.3) is 0 Å². The number of nitrogens with zero attached hydrogens (tertiary/aromatic N) is 2. The number of carbonyl (C=O) groups is 1. The summed E-state index contributed by atoms with van der Waals surface area (Å²) in [6.07, 6.45) is 10.2. The molecule has 7 fully saturated rings. The van der Waals surface area contributed by atoms with Crippen LogP contribution < -0.4 is 0 Å². The standard InChI is InChI=1S/C40H63N3O7/c1-23-19-25(34(36(5,6)46)48-24(2)44)49-32-31(23)37(7)13-14-40-22-39(40)12-11-28(35(3,4)26(39)9-10-27(40)38(37,8)33(32)45)50-30-21-43(17-18-47-30)20-29-41-15-16-42-29/h15-16,23,25-28,30-34,45-46H,9-14,17-22H2,1-8H3,(H,41,42)/t23-,25-,26+,27+,28+,30+,31+,32+,33+,34+,37-,38-,39-,40+/m1/s1. The van der Waals surface area contributed by atoms with E-state index in [9.17, 15) is 15.0 Å². The molecule has 10 heteroatoms. The number of nitrogens with one attached hydrogen (secondary N) is 1. The first-order chi connectivity index (χ1) is 23.5. The Labute approximate surface area is 298 Å². The van der Waals surface area contributed by atoms with Gasteiger partial charge in [0.05, 0.1) is 49.7 Å². The Hall–Kier alpha value is -1.56. The zero-order valence-corrected chi connectivity index (χ0v) is 31.7. The average Bonchev–Trinajstić information content (AvgIpc) is 3.33. The third-order valence-electron chi connectivity index (χ3n) is 16.5. The largest absolute Gasteiger partial charge is 0.457 e. The molecule has 0 aromatic carbocycles. The van der Waals surface area contributed by atoms with Crippen LogP contribution in [-0.4, -0.2) is 93.2 Å². The summed E-state index contributed by atoms with van der Waals surface area (Å²) in [5.41, 5.74) is -1.03. The molecule has 10 nitrogen and oxygen atoms in total. The van der Waals surface area contributed by atoms with E-state index in [-0.39, 0.29) is 52.0 Å². The summed E-state index contributed by atoms with van der Waals surface area (Å²) in [7, 11) is 0. The van der Waals surface area contributed by atoms with Crippen molar-refractivity contribution in [3.8, 4) is 0 Å². The van der Waals surface area contributed by atoms with Gasteiger partial charge in [0.25, 0.3) is 0 Å². The number of aliphatic hydroxyl groups excluding tert-OH is 1. The van der Waals surface area contributed by atoms with Gasteiger partial charge in [-0.2, -0.15) is 0 Å². The number of esters is 1. The van der Waals surface area contributed by atoms with Crippen molar-refractivity contribution >= 4 is 5.97 Å². The van der Waals surface area contributed by atoms with Crippen LogP contribution in [0.4, 0.5) is 0 Å². The summed E-state index contributed by atoms with van der Waals surface area (Å²) < 4.78 is 25.7. The number of rotatable bonds is 7. The molecule has 14 atom stereocenters. The number of fused-ring (bicyclic) bond motifs is 4. The van der Waals surface area contributed by atoms with E-state index in [0.717, 1.165) is 51.1 Å². The molecule has 2 saturated heterocycles. The maximum atomic E-state index is 12.6. The first-order valence-corrected chi connectivity index (χ1v) is 19.7. The van der Waals surface area contributed by atoms with Gasteiger partial charge in [0.15, 0.2) is 12.4 Å². The molecule has 1 aromatic heterocycles. The smallest absolute Gasteiger partial charge is 0.303 e. The second-order valence-corrected chi connectivity index (χ2v) is 19.4. The first kappa shape index (κ1) is 35.5. The van der Waals surface area contributed by atoms with E-state index < -0.39 is 29.9 Å². The van der Waals surface area contributed by atoms with Gasteiger partial charge >= 0.3 is 5.97 Å². The van der Waals surface area contributed by atoms with E-state index in [1.807, 2.05) is 12.4 Å². The lowest BCUT2D eigenvalue weighted by molar-refractivity contribution is -0.249. The van der Waals surface area contributed by atoms with Crippen LogP contribution in [-0.2, 0) is 30.3 Å². The summed E-state index contributed by atoms with van der Waals surface area (Å²) in [6.45, 7) is 19.9. The fourth-order valence-corrected chi connectivity index (χ4v) is 14.3. The van der Waals surface area contributed by atoms with E-state index in [2.05, 4.69) is 49.5 Å². The number of aromatic nitrogens is 2. The Bertz CT molecular complexity index is 1450.